The van der Waals surface area contributed by atoms with Crippen LogP contribution in [0.5, 0.6) is 0 Å². The second kappa shape index (κ2) is 5.29. The van der Waals surface area contributed by atoms with Crippen molar-refractivity contribution in [1.29, 1.82) is 0 Å². The Hall–Kier alpha value is -0.390. The van der Waals surface area contributed by atoms with Gasteiger partial charge in [0.05, 0.1) is 0 Å². The fourth-order valence-electron chi connectivity index (χ4n) is 1.26. The molecule has 84 valence electrons. The van der Waals surface area contributed by atoms with Crippen LogP contribution in [-0.2, 0) is 6.54 Å². The van der Waals surface area contributed by atoms with Crippen molar-refractivity contribution in [3.8, 4) is 0 Å². The zero-order valence-electron chi connectivity index (χ0n) is 8.14. The van der Waals surface area contributed by atoms with Crippen molar-refractivity contribution in [3.05, 3.63) is 49.3 Å². The van der Waals surface area contributed by atoms with Crippen molar-refractivity contribution in [2.75, 3.05) is 5.32 Å². The third-order valence-electron chi connectivity index (χ3n) is 2.01. The minimum atomic E-state index is -0.240. The van der Waals surface area contributed by atoms with Gasteiger partial charge in [-0.05, 0) is 56.1 Å². The summed E-state index contributed by atoms with van der Waals surface area (Å²) in [6.07, 6.45) is 0. The van der Waals surface area contributed by atoms with Crippen LogP contribution in [0.25, 0.3) is 0 Å². The molecule has 0 unspecified atom stereocenters. The number of nitrogens with one attached hydrogen (secondary N) is 1. The zero-order chi connectivity index (χ0) is 11.5. The lowest BCUT2D eigenvalue weighted by atomic mass is 10.3. The lowest BCUT2D eigenvalue weighted by Crippen LogP contribution is -1.98. The van der Waals surface area contributed by atoms with Crippen molar-refractivity contribution >= 4 is 48.9 Å². The molecular weight excluding hydrogens is 357 g/mol. The van der Waals surface area contributed by atoms with E-state index in [9.17, 15) is 4.39 Å². The number of thiophene rings is 1. The molecule has 0 aliphatic rings. The largest absolute Gasteiger partial charge is 0.379 e. The van der Waals surface area contributed by atoms with Gasteiger partial charge in [0.15, 0.2) is 0 Å². The fourth-order valence-corrected chi connectivity index (χ4v) is 3.14. The highest BCUT2D eigenvalue weighted by Gasteiger charge is 2.02. The molecule has 16 heavy (non-hydrogen) atoms. The minimum Gasteiger partial charge on any atom is -0.379 e. The van der Waals surface area contributed by atoms with Gasteiger partial charge in [-0.3, -0.25) is 0 Å². The Morgan fingerprint density at radius 2 is 2.06 bits per heavy atom. The molecule has 2 rings (SSSR count). The van der Waals surface area contributed by atoms with E-state index in [-0.39, 0.29) is 5.82 Å². The maximum atomic E-state index is 12.9. The molecule has 1 aromatic carbocycles. The number of benzene rings is 1. The summed E-state index contributed by atoms with van der Waals surface area (Å²) in [7, 11) is 0. The summed E-state index contributed by atoms with van der Waals surface area (Å²) in [5.41, 5.74) is 0.894. The number of rotatable bonds is 3. The summed E-state index contributed by atoms with van der Waals surface area (Å²) >= 11 is 8.40. The Kier molecular flexibility index (Phi) is 4.00. The highest BCUT2D eigenvalue weighted by Crippen LogP contribution is 2.25. The molecule has 1 heterocycles. The van der Waals surface area contributed by atoms with Crippen molar-refractivity contribution in [2.45, 2.75) is 6.54 Å². The van der Waals surface area contributed by atoms with E-state index in [0.29, 0.717) is 0 Å². The van der Waals surface area contributed by atoms with E-state index >= 15 is 0 Å². The first kappa shape index (κ1) is 12.1. The van der Waals surface area contributed by atoms with Crippen LogP contribution < -0.4 is 5.32 Å². The lowest BCUT2D eigenvalue weighted by Gasteiger charge is -2.06. The third kappa shape index (κ3) is 3.06. The average Bonchev–Trinajstić information content (AvgIpc) is 2.63. The lowest BCUT2D eigenvalue weighted by molar-refractivity contribution is 0.627. The standard InChI is InChI=1S/C11H8Br2FNS/c12-7-3-9(16-6-7)5-15-11-2-1-8(14)4-10(11)13/h1-4,6,15H,5H2. The highest BCUT2D eigenvalue weighted by molar-refractivity contribution is 9.10. The second-order valence-corrected chi connectivity index (χ2v) is 5.97. The van der Waals surface area contributed by atoms with Crippen LogP contribution >= 0.6 is 43.2 Å². The quantitative estimate of drug-likeness (QED) is 0.805. The van der Waals surface area contributed by atoms with E-state index in [1.54, 1.807) is 17.4 Å². The van der Waals surface area contributed by atoms with Crippen molar-refractivity contribution in [2.24, 2.45) is 0 Å². The van der Waals surface area contributed by atoms with E-state index in [1.807, 2.05) is 5.38 Å². The van der Waals surface area contributed by atoms with Crippen LogP contribution in [0.1, 0.15) is 4.88 Å². The first-order valence-electron chi connectivity index (χ1n) is 4.57. The zero-order valence-corrected chi connectivity index (χ0v) is 12.1. The average molecular weight is 365 g/mol. The summed E-state index contributed by atoms with van der Waals surface area (Å²) in [5.74, 6) is -0.240. The van der Waals surface area contributed by atoms with Gasteiger partial charge < -0.3 is 5.32 Å². The van der Waals surface area contributed by atoms with Gasteiger partial charge in [-0.25, -0.2) is 4.39 Å². The number of hydrogen-bond acceptors (Lipinski definition) is 2. The summed E-state index contributed by atoms with van der Waals surface area (Å²) in [5, 5.41) is 5.28. The first-order chi connectivity index (χ1) is 7.65. The molecule has 0 saturated carbocycles. The van der Waals surface area contributed by atoms with E-state index in [4.69, 9.17) is 0 Å². The summed E-state index contributed by atoms with van der Waals surface area (Å²) in [6.45, 7) is 0.737. The molecule has 5 heteroatoms. The number of halogens is 3. The van der Waals surface area contributed by atoms with Crippen molar-refractivity contribution in [1.82, 2.24) is 0 Å². The number of hydrogen-bond donors (Lipinski definition) is 1. The Morgan fingerprint density at radius 3 is 2.69 bits per heavy atom. The molecule has 2 aromatic rings. The molecule has 0 spiro atoms. The van der Waals surface area contributed by atoms with Crippen LogP contribution in [0.3, 0.4) is 0 Å². The van der Waals surface area contributed by atoms with Gasteiger partial charge in [0, 0.05) is 31.4 Å². The van der Waals surface area contributed by atoms with E-state index < -0.39 is 0 Å². The Balaban J connectivity index is 2.04. The molecule has 0 radical (unpaired) electrons. The molecule has 1 nitrogen and oxygen atoms in total. The molecule has 1 N–H and O–H groups in total. The first-order valence-corrected chi connectivity index (χ1v) is 7.03. The van der Waals surface area contributed by atoms with E-state index in [0.717, 1.165) is 21.2 Å². The normalized spacial score (nSPS) is 10.4. The van der Waals surface area contributed by atoms with Crippen LogP contribution in [0.4, 0.5) is 10.1 Å². The molecule has 0 atom stereocenters. The summed E-state index contributed by atoms with van der Waals surface area (Å²) in [4.78, 5) is 1.23. The maximum Gasteiger partial charge on any atom is 0.124 e. The van der Waals surface area contributed by atoms with Gasteiger partial charge in [0.25, 0.3) is 0 Å². The molecule has 0 aliphatic heterocycles. The topological polar surface area (TPSA) is 12.0 Å². The fraction of sp³-hybridized carbons (Fsp3) is 0.0909. The molecule has 0 bridgehead atoms. The molecule has 0 aliphatic carbocycles. The SMILES string of the molecule is Fc1ccc(NCc2cc(Br)cs2)c(Br)c1. The Bertz CT molecular complexity index is 498. The van der Waals surface area contributed by atoms with Gasteiger partial charge in [0.2, 0.25) is 0 Å². The van der Waals surface area contributed by atoms with Crippen LogP contribution in [0.2, 0.25) is 0 Å². The van der Waals surface area contributed by atoms with Gasteiger partial charge in [-0.15, -0.1) is 11.3 Å². The monoisotopic (exact) mass is 363 g/mol. The predicted molar refractivity (Wildman–Crippen MR) is 73.4 cm³/mol. The van der Waals surface area contributed by atoms with E-state index in [1.165, 1.54) is 17.0 Å². The maximum absolute atomic E-state index is 12.9. The smallest absolute Gasteiger partial charge is 0.124 e. The third-order valence-corrected chi connectivity index (χ3v) is 4.36. The highest BCUT2D eigenvalue weighted by atomic mass is 79.9. The predicted octanol–water partition coefficient (Wildman–Crippen LogP) is 5.02. The van der Waals surface area contributed by atoms with Crippen molar-refractivity contribution in [3.63, 3.8) is 0 Å². The molecular formula is C11H8Br2FNS. The van der Waals surface area contributed by atoms with Crippen LogP contribution in [0.15, 0.2) is 38.6 Å². The minimum absolute atomic E-state index is 0.240. The molecule has 0 fully saturated rings. The van der Waals surface area contributed by atoms with Crippen LogP contribution in [0, 0.1) is 5.82 Å². The Labute approximate surface area is 114 Å². The van der Waals surface area contributed by atoms with Gasteiger partial charge in [-0.1, -0.05) is 0 Å². The van der Waals surface area contributed by atoms with Gasteiger partial charge in [-0.2, -0.15) is 0 Å². The van der Waals surface area contributed by atoms with E-state index in [2.05, 4.69) is 43.2 Å². The Morgan fingerprint density at radius 1 is 1.25 bits per heavy atom. The molecule has 1 aromatic heterocycles. The van der Waals surface area contributed by atoms with Crippen LogP contribution in [-0.4, -0.2) is 0 Å². The molecule has 0 saturated heterocycles. The van der Waals surface area contributed by atoms with Gasteiger partial charge in [0.1, 0.15) is 5.82 Å². The summed E-state index contributed by atoms with van der Waals surface area (Å²) < 4.78 is 14.7. The van der Waals surface area contributed by atoms with Crippen molar-refractivity contribution < 1.29 is 4.39 Å². The van der Waals surface area contributed by atoms with Gasteiger partial charge >= 0.3 is 0 Å². The number of anilines is 1. The summed E-state index contributed by atoms with van der Waals surface area (Å²) in [6, 6.07) is 6.68. The second-order valence-electron chi connectivity index (χ2n) is 3.21. The molecule has 0 amide bonds.